The molecule has 1 fully saturated rings. The third-order valence-electron chi connectivity index (χ3n) is 3.67. The molecule has 2 atom stereocenters. The van der Waals surface area contributed by atoms with Crippen LogP contribution in [0.5, 0.6) is 0 Å². The first-order valence-electron chi connectivity index (χ1n) is 6.39. The zero-order chi connectivity index (χ0) is 12.5. The van der Waals surface area contributed by atoms with E-state index in [0.717, 1.165) is 36.4 Å². The number of rotatable bonds is 2. The van der Waals surface area contributed by atoms with E-state index in [1.807, 2.05) is 37.4 Å². The number of nitrogens with zero attached hydrogens (tertiary/aromatic N) is 3. The van der Waals surface area contributed by atoms with Crippen molar-refractivity contribution >= 4 is 16.9 Å². The Labute approximate surface area is 106 Å². The fourth-order valence-electron chi connectivity index (χ4n) is 2.49. The molecule has 2 aromatic rings. The third-order valence-corrected chi connectivity index (χ3v) is 3.67. The molecule has 1 aliphatic heterocycles. The van der Waals surface area contributed by atoms with Gasteiger partial charge < -0.3 is 10.0 Å². The predicted molar refractivity (Wildman–Crippen MR) is 71.5 cm³/mol. The molecule has 0 bridgehead atoms. The Bertz CT molecular complexity index is 555. The maximum Gasteiger partial charge on any atom is 0.147 e. The number of aliphatic hydroxyl groups excluding tert-OH is 1. The molecule has 1 aromatic carbocycles. The summed E-state index contributed by atoms with van der Waals surface area (Å²) >= 11 is 0. The number of hydrogen-bond acceptors (Lipinski definition) is 4. The van der Waals surface area contributed by atoms with Gasteiger partial charge in [0.2, 0.25) is 0 Å². The third kappa shape index (κ3) is 2.04. The van der Waals surface area contributed by atoms with Gasteiger partial charge in [0.1, 0.15) is 5.82 Å². The SMILES string of the molecule is CC(O)C1CCN(c2cnc3ccccc3n2)C1. The van der Waals surface area contributed by atoms with Crippen molar-refractivity contribution in [3.63, 3.8) is 0 Å². The van der Waals surface area contributed by atoms with Gasteiger partial charge >= 0.3 is 0 Å². The number of anilines is 1. The van der Waals surface area contributed by atoms with Gasteiger partial charge in [-0.05, 0) is 25.5 Å². The van der Waals surface area contributed by atoms with Crippen molar-refractivity contribution < 1.29 is 5.11 Å². The quantitative estimate of drug-likeness (QED) is 0.874. The van der Waals surface area contributed by atoms with Gasteiger partial charge in [-0.3, -0.25) is 4.98 Å². The number of benzene rings is 1. The van der Waals surface area contributed by atoms with Gasteiger partial charge in [-0.1, -0.05) is 12.1 Å². The van der Waals surface area contributed by atoms with Crippen LogP contribution in [0.15, 0.2) is 30.5 Å². The van der Waals surface area contributed by atoms with Crippen LogP contribution >= 0.6 is 0 Å². The maximum atomic E-state index is 9.63. The van der Waals surface area contributed by atoms with Crippen molar-refractivity contribution in [3.8, 4) is 0 Å². The topological polar surface area (TPSA) is 49.2 Å². The van der Waals surface area contributed by atoms with Crippen LogP contribution in [0.1, 0.15) is 13.3 Å². The number of hydrogen-bond donors (Lipinski definition) is 1. The normalized spacial score (nSPS) is 21.4. The van der Waals surface area contributed by atoms with E-state index in [2.05, 4.69) is 14.9 Å². The highest BCUT2D eigenvalue weighted by atomic mass is 16.3. The van der Waals surface area contributed by atoms with Gasteiger partial charge in [-0.25, -0.2) is 4.98 Å². The first-order chi connectivity index (χ1) is 8.74. The lowest BCUT2D eigenvalue weighted by Gasteiger charge is -2.18. The predicted octanol–water partition coefficient (Wildman–Crippen LogP) is 1.84. The minimum absolute atomic E-state index is 0.247. The molecule has 1 saturated heterocycles. The summed E-state index contributed by atoms with van der Waals surface area (Å²) < 4.78 is 0. The minimum atomic E-state index is -0.247. The Balaban J connectivity index is 1.87. The molecule has 4 nitrogen and oxygen atoms in total. The Morgan fingerprint density at radius 2 is 2.11 bits per heavy atom. The molecule has 0 spiro atoms. The highest BCUT2D eigenvalue weighted by Gasteiger charge is 2.26. The summed E-state index contributed by atoms with van der Waals surface area (Å²) in [6.45, 7) is 3.67. The Morgan fingerprint density at radius 3 is 2.83 bits per heavy atom. The molecular weight excluding hydrogens is 226 g/mol. The second kappa shape index (κ2) is 4.53. The lowest BCUT2D eigenvalue weighted by Crippen LogP contribution is -2.24. The van der Waals surface area contributed by atoms with E-state index in [0.29, 0.717) is 5.92 Å². The molecule has 2 heterocycles. The van der Waals surface area contributed by atoms with E-state index in [4.69, 9.17) is 0 Å². The summed E-state index contributed by atoms with van der Waals surface area (Å²) in [5.74, 6) is 1.26. The van der Waals surface area contributed by atoms with Gasteiger partial charge in [-0.15, -0.1) is 0 Å². The van der Waals surface area contributed by atoms with Crippen LogP contribution in [-0.4, -0.2) is 34.3 Å². The van der Waals surface area contributed by atoms with Crippen molar-refractivity contribution in [2.45, 2.75) is 19.4 Å². The van der Waals surface area contributed by atoms with Gasteiger partial charge in [0.15, 0.2) is 0 Å². The fourth-order valence-corrected chi connectivity index (χ4v) is 2.49. The molecule has 0 radical (unpaired) electrons. The molecular formula is C14H17N3O. The smallest absolute Gasteiger partial charge is 0.147 e. The lowest BCUT2D eigenvalue weighted by atomic mass is 10.0. The van der Waals surface area contributed by atoms with E-state index < -0.39 is 0 Å². The van der Waals surface area contributed by atoms with Crippen LogP contribution in [0.4, 0.5) is 5.82 Å². The van der Waals surface area contributed by atoms with E-state index in [9.17, 15) is 5.11 Å². The minimum Gasteiger partial charge on any atom is -0.393 e. The summed E-state index contributed by atoms with van der Waals surface area (Å²) in [7, 11) is 0. The molecule has 1 aromatic heterocycles. The number of aliphatic hydroxyl groups is 1. The van der Waals surface area contributed by atoms with Gasteiger partial charge in [-0.2, -0.15) is 0 Å². The van der Waals surface area contributed by atoms with Crippen LogP contribution < -0.4 is 4.90 Å². The summed E-state index contributed by atoms with van der Waals surface area (Å²) in [5, 5.41) is 9.63. The number of para-hydroxylation sites is 2. The standard InChI is InChI=1S/C14H17N3O/c1-10(18)11-6-7-17(9-11)14-8-15-12-4-2-3-5-13(12)16-14/h2-5,8,10-11,18H,6-7,9H2,1H3. The lowest BCUT2D eigenvalue weighted by molar-refractivity contribution is 0.136. The molecule has 94 valence electrons. The molecule has 2 unspecified atom stereocenters. The maximum absolute atomic E-state index is 9.63. The van der Waals surface area contributed by atoms with E-state index in [1.54, 1.807) is 0 Å². The molecule has 4 heteroatoms. The van der Waals surface area contributed by atoms with E-state index in [-0.39, 0.29) is 6.10 Å². The Hall–Kier alpha value is -1.68. The molecule has 1 N–H and O–H groups in total. The highest BCUT2D eigenvalue weighted by molar-refractivity contribution is 5.75. The Morgan fingerprint density at radius 1 is 1.33 bits per heavy atom. The van der Waals surface area contributed by atoms with Crippen LogP contribution in [-0.2, 0) is 0 Å². The molecule has 18 heavy (non-hydrogen) atoms. The summed E-state index contributed by atoms with van der Waals surface area (Å²) in [6, 6.07) is 7.89. The second-order valence-electron chi connectivity index (χ2n) is 4.95. The average molecular weight is 243 g/mol. The second-order valence-corrected chi connectivity index (χ2v) is 4.95. The molecule has 0 amide bonds. The molecule has 1 aliphatic rings. The summed E-state index contributed by atoms with van der Waals surface area (Å²) in [6.07, 6.45) is 2.60. The summed E-state index contributed by atoms with van der Waals surface area (Å²) in [4.78, 5) is 11.3. The van der Waals surface area contributed by atoms with Gasteiger partial charge in [0.05, 0.1) is 23.3 Å². The van der Waals surface area contributed by atoms with Crippen LogP contribution in [0, 0.1) is 5.92 Å². The zero-order valence-electron chi connectivity index (χ0n) is 10.5. The van der Waals surface area contributed by atoms with Crippen molar-refractivity contribution in [2.24, 2.45) is 5.92 Å². The van der Waals surface area contributed by atoms with Crippen molar-refractivity contribution in [1.82, 2.24) is 9.97 Å². The molecule has 0 saturated carbocycles. The van der Waals surface area contributed by atoms with Crippen molar-refractivity contribution in [1.29, 1.82) is 0 Å². The highest BCUT2D eigenvalue weighted by Crippen LogP contribution is 2.24. The van der Waals surface area contributed by atoms with Crippen LogP contribution in [0.2, 0.25) is 0 Å². The fraction of sp³-hybridized carbons (Fsp3) is 0.429. The monoisotopic (exact) mass is 243 g/mol. The number of fused-ring (bicyclic) bond motifs is 1. The average Bonchev–Trinajstić information content (AvgIpc) is 2.88. The number of aromatic nitrogens is 2. The van der Waals surface area contributed by atoms with Gasteiger partial charge in [0.25, 0.3) is 0 Å². The van der Waals surface area contributed by atoms with Gasteiger partial charge in [0, 0.05) is 19.0 Å². The van der Waals surface area contributed by atoms with Crippen LogP contribution in [0.3, 0.4) is 0 Å². The molecule has 0 aliphatic carbocycles. The van der Waals surface area contributed by atoms with E-state index >= 15 is 0 Å². The first-order valence-corrected chi connectivity index (χ1v) is 6.39. The van der Waals surface area contributed by atoms with Crippen LogP contribution in [0.25, 0.3) is 11.0 Å². The summed E-state index contributed by atoms with van der Waals surface area (Å²) in [5.41, 5.74) is 1.85. The Kier molecular flexibility index (Phi) is 2.88. The van der Waals surface area contributed by atoms with Crippen molar-refractivity contribution in [2.75, 3.05) is 18.0 Å². The first kappa shape index (κ1) is 11.4. The zero-order valence-corrected chi connectivity index (χ0v) is 10.5. The van der Waals surface area contributed by atoms with Crippen molar-refractivity contribution in [3.05, 3.63) is 30.5 Å². The largest absolute Gasteiger partial charge is 0.393 e. The molecule has 3 rings (SSSR count). The van der Waals surface area contributed by atoms with E-state index in [1.165, 1.54) is 0 Å².